The van der Waals surface area contributed by atoms with Gasteiger partial charge in [0.1, 0.15) is 0 Å². The van der Waals surface area contributed by atoms with E-state index in [9.17, 15) is 0 Å². The first kappa shape index (κ1) is 13.3. The fraction of sp³-hybridized carbons (Fsp3) is 0.500. The number of anilines is 1. The third-order valence-electron chi connectivity index (χ3n) is 2.94. The molecule has 0 aliphatic carbocycles. The van der Waals surface area contributed by atoms with Gasteiger partial charge in [-0.3, -0.25) is 4.90 Å². The minimum atomic E-state index is 0. The Hall–Kier alpha value is -0.770. The van der Waals surface area contributed by atoms with E-state index in [0.717, 1.165) is 39.3 Å². The highest BCUT2D eigenvalue weighted by Crippen LogP contribution is 2.14. The lowest BCUT2D eigenvalue weighted by Crippen LogP contribution is -2.47. The number of nitrogens with two attached hydrogens (primary N) is 1. The zero-order chi connectivity index (χ0) is 10.5. The first-order valence-electron chi connectivity index (χ1n) is 5.62. The van der Waals surface area contributed by atoms with Crippen LogP contribution in [0, 0.1) is 0 Å². The maximum Gasteiger partial charge on any atom is 0.0367 e. The van der Waals surface area contributed by atoms with Crippen molar-refractivity contribution in [1.82, 2.24) is 4.90 Å². The maximum absolute atomic E-state index is 5.55. The van der Waals surface area contributed by atoms with E-state index in [1.54, 1.807) is 0 Å². The average Bonchev–Trinajstić information content (AvgIpc) is 2.32. The van der Waals surface area contributed by atoms with Crippen LogP contribution in [0.25, 0.3) is 0 Å². The van der Waals surface area contributed by atoms with E-state index >= 15 is 0 Å². The number of piperazine rings is 1. The first-order valence-corrected chi connectivity index (χ1v) is 5.62. The topological polar surface area (TPSA) is 32.5 Å². The van der Waals surface area contributed by atoms with Gasteiger partial charge < -0.3 is 10.6 Å². The molecule has 1 aliphatic heterocycles. The second kappa shape index (κ2) is 6.74. The molecule has 2 N–H and O–H groups in total. The van der Waals surface area contributed by atoms with Crippen molar-refractivity contribution in [2.24, 2.45) is 5.73 Å². The second-order valence-corrected chi connectivity index (χ2v) is 3.95. The molecule has 0 radical (unpaired) electrons. The SMILES string of the molecule is Cl.NCCN1CCN(c2ccccc2)CC1. The minimum absolute atomic E-state index is 0. The zero-order valence-corrected chi connectivity index (χ0v) is 10.3. The second-order valence-electron chi connectivity index (χ2n) is 3.95. The molecule has 16 heavy (non-hydrogen) atoms. The molecule has 0 bridgehead atoms. The molecule has 1 aromatic rings. The van der Waals surface area contributed by atoms with Crippen molar-refractivity contribution >= 4 is 18.1 Å². The summed E-state index contributed by atoms with van der Waals surface area (Å²) in [6.45, 7) is 6.29. The summed E-state index contributed by atoms with van der Waals surface area (Å²) in [6.07, 6.45) is 0. The van der Waals surface area contributed by atoms with Gasteiger partial charge in [-0.05, 0) is 12.1 Å². The number of benzene rings is 1. The summed E-state index contributed by atoms with van der Waals surface area (Å²) < 4.78 is 0. The highest BCUT2D eigenvalue weighted by Gasteiger charge is 2.15. The lowest BCUT2D eigenvalue weighted by Gasteiger charge is -2.35. The molecular weight excluding hydrogens is 222 g/mol. The Bertz CT molecular complexity index is 284. The molecule has 0 atom stereocenters. The third kappa shape index (κ3) is 3.37. The van der Waals surface area contributed by atoms with Crippen molar-refractivity contribution in [3.05, 3.63) is 30.3 Å². The minimum Gasteiger partial charge on any atom is -0.369 e. The van der Waals surface area contributed by atoms with Crippen LogP contribution in [0.2, 0.25) is 0 Å². The van der Waals surface area contributed by atoms with E-state index in [1.165, 1.54) is 5.69 Å². The van der Waals surface area contributed by atoms with Gasteiger partial charge in [0.05, 0.1) is 0 Å². The van der Waals surface area contributed by atoms with E-state index in [4.69, 9.17) is 5.73 Å². The monoisotopic (exact) mass is 241 g/mol. The molecule has 2 rings (SSSR count). The normalized spacial score (nSPS) is 16.9. The molecule has 1 heterocycles. The van der Waals surface area contributed by atoms with Crippen LogP contribution in [-0.4, -0.2) is 44.2 Å². The number of nitrogens with zero attached hydrogens (tertiary/aromatic N) is 2. The van der Waals surface area contributed by atoms with E-state index in [-0.39, 0.29) is 12.4 Å². The zero-order valence-electron chi connectivity index (χ0n) is 9.51. The molecule has 1 saturated heterocycles. The largest absolute Gasteiger partial charge is 0.369 e. The predicted molar refractivity (Wildman–Crippen MR) is 71.4 cm³/mol. The smallest absolute Gasteiger partial charge is 0.0367 e. The predicted octanol–water partition coefficient (Wildman–Crippen LogP) is 1.19. The van der Waals surface area contributed by atoms with E-state index < -0.39 is 0 Å². The van der Waals surface area contributed by atoms with E-state index in [1.807, 2.05) is 0 Å². The lowest BCUT2D eigenvalue weighted by atomic mass is 10.2. The standard InChI is InChI=1S/C12H19N3.ClH/c13-6-7-14-8-10-15(11-9-14)12-4-2-1-3-5-12;/h1-5H,6-11,13H2;1H. The van der Waals surface area contributed by atoms with Crippen molar-refractivity contribution in [3.63, 3.8) is 0 Å². The molecule has 4 heteroatoms. The van der Waals surface area contributed by atoms with Gasteiger partial charge in [-0.1, -0.05) is 18.2 Å². The van der Waals surface area contributed by atoms with Crippen LogP contribution in [0.3, 0.4) is 0 Å². The van der Waals surface area contributed by atoms with Crippen molar-refractivity contribution < 1.29 is 0 Å². The van der Waals surface area contributed by atoms with Crippen LogP contribution < -0.4 is 10.6 Å². The molecule has 1 aromatic carbocycles. The molecule has 90 valence electrons. The molecule has 0 amide bonds. The number of para-hydroxylation sites is 1. The van der Waals surface area contributed by atoms with Crippen LogP contribution >= 0.6 is 12.4 Å². The van der Waals surface area contributed by atoms with Crippen molar-refractivity contribution in [2.75, 3.05) is 44.2 Å². The highest BCUT2D eigenvalue weighted by molar-refractivity contribution is 5.85. The van der Waals surface area contributed by atoms with E-state index in [0.29, 0.717) is 0 Å². The van der Waals surface area contributed by atoms with E-state index in [2.05, 4.69) is 40.1 Å². The fourth-order valence-corrected chi connectivity index (χ4v) is 2.05. The van der Waals surface area contributed by atoms with Gasteiger partial charge in [0.15, 0.2) is 0 Å². The summed E-state index contributed by atoms with van der Waals surface area (Å²) in [6, 6.07) is 10.6. The molecule has 0 aromatic heterocycles. The van der Waals surface area contributed by atoms with Crippen LogP contribution in [0.4, 0.5) is 5.69 Å². The molecule has 1 fully saturated rings. The summed E-state index contributed by atoms with van der Waals surface area (Å²) in [7, 11) is 0. The van der Waals surface area contributed by atoms with Crippen LogP contribution in [0.1, 0.15) is 0 Å². The van der Waals surface area contributed by atoms with Crippen LogP contribution in [0.15, 0.2) is 30.3 Å². The van der Waals surface area contributed by atoms with Gasteiger partial charge in [-0.15, -0.1) is 12.4 Å². The maximum atomic E-state index is 5.55. The third-order valence-corrected chi connectivity index (χ3v) is 2.94. The Kier molecular flexibility index (Phi) is 5.60. The number of rotatable bonds is 3. The summed E-state index contributed by atoms with van der Waals surface area (Å²) in [5, 5.41) is 0. The average molecular weight is 242 g/mol. The van der Waals surface area contributed by atoms with Crippen LogP contribution in [-0.2, 0) is 0 Å². The number of halogens is 1. The van der Waals surface area contributed by atoms with Crippen molar-refractivity contribution in [1.29, 1.82) is 0 Å². The summed E-state index contributed by atoms with van der Waals surface area (Å²) in [4.78, 5) is 4.87. The quantitative estimate of drug-likeness (QED) is 0.863. The lowest BCUT2D eigenvalue weighted by molar-refractivity contribution is 0.265. The molecule has 3 nitrogen and oxygen atoms in total. The van der Waals surface area contributed by atoms with Gasteiger partial charge >= 0.3 is 0 Å². The first-order chi connectivity index (χ1) is 7.40. The summed E-state index contributed by atoms with van der Waals surface area (Å²) >= 11 is 0. The van der Waals surface area contributed by atoms with Gasteiger partial charge in [0.25, 0.3) is 0 Å². The van der Waals surface area contributed by atoms with Gasteiger partial charge in [0, 0.05) is 45.0 Å². The molecule has 0 saturated carbocycles. The fourth-order valence-electron chi connectivity index (χ4n) is 2.05. The van der Waals surface area contributed by atoms with Crippen LogP contribution in [0.5, 0.6) is 0 Å². The highest BCUT2D eigenvalue weighted by atomic mass is 35.5. The Morgan fingerprint density at radius 2 is 1.62 bits per heavy atom. The molecule has 1 aliphatic rings. The number of hydrogen-bond acceptors (Lipinski definition) is 3. The molecular formula is C12H20ClN3. The Labute approximate surface area is 104 Å². The Morgan fingerprint density at radius 3 is 2.19 bits per heavy atom. The molecule has 0 unspecified atom stereocenters. The molecule has 0 spiro atoms. The van der Waals surface area contributed by atoms with Gasteiger partial charge in [-0.25, -0.2) is 0 Å². The Morgan fingerprint density at radius 1 is 1.00 bits per heavy atom. The van der Waals surface area contributed by atoms with Gasteiger partial charge in [0.2, 0.25) is 0 Å². The summed E-state index contributed by atoms with van der Waals surface area (Å²) in [5.74, 6) is 0. The Balaban J connectivity index is 0.00000128. The van der Waals surface area contributed by atoms with Crippen molar-refractivity contribution in [3.8, 4) is 0 Å². The summed E-state index contributed by atoms with van der Waals surface area (Å²) in [5.41, 5.74) is 6.89. The number of hydrogen-bond donors (Lipinski definition) is 1. The van der Waals surface area contributed by atoms with Gasteiger partial charge in [-0.2, -0.15) is 0 Å². The van der Waals surface area contributed by atoms with Crippen molar-refractivity contribution in [2.45, 2.75) is 0 Å².